The van der Waals surface area contributed by atoms with Gasteiger partial charge in [-0.2, -0.15) is 15.3 Å². The fraction of sp³-hybridized carbons (Fsp3) is 0.321. The zero-order valence-corrected chi connectivity index (χ0v) is 20.7. The fourth-order valence-corrected chi connectivity index (χ4v) is 4.88. The Morgan fingerprint density at radius 2 is 1.78 bits per heavy atom. The number of aryl methyl sites for hydroxylation is 1. The van der Waals surface area contributed by atoms with Crippen molar-refractivity contribution in [2.75, 3.05) is 5.32 Å². The first kappa shape index (κ1) is 22.0. The van der Waals surface area contributed by atoms with Gasteiger partial charge in [0.25, 0.3) is 5.91 Å². The van der Waals surface area contributed by atoms with Crippen LogP contribution < -0.4 is 5.32 Å². The second-order valence-corrected chi connectivity index (χ2v) is 10.1. The van der Waals surface area contributed by atoms with Gasteiger partial charge in [-0.3, -0.25) is 14.2 Å². The lowest BCUT2D eigenvalue weighted by atomic mass is 10.0. The standard InChI is InChI=1S/C28H28N8O/c1-2-34-15-18(13-29-34)16-35-17-21(14-30-35)31-28(37)23-12-24(19-8-9-19)32-27-25(23)26(20-10-11-20)33-36(27)22-6-4-3-5-7-22/h3-7,12-15,17,19-20H,2,8-11,16H2,1H3,(H,31,37). The summed E-state index contributed by atoms with van der Waals surface area (Å²) in [5.74, 6) is 0.632. The third kappa shape index (κ3) is 4.20. The highest BCUT2D eigenvalue weighted by molar-refractivity contribution is 6.13. The summed E-state index contributed by atoms with van der Waals surface area (Å²) in [5.41, 5.74) is 6.05. The van der Waals surface area contributed by atoms with Crippen LogP contribution >= 0.6 is 0 Å². The van der Waals surface area contributed by atoms with Crippen molar-refractivity contribution in [1.29, 1.82) is 0 Å². The van der Waals surface area contributed by atoms with Crippen LogP contribution in [0.5, 0.6) is 0 Å². The maximum absolute atomic E-state index is 13.7. The molecule has 5 aromatic rings. The lowest BCUT2D eigenvalue weighted by Gasteiger charge is -2.09. The second-order valence-electron chi connectivity index (χ2n) is 10.1. The summed E-state index contributed by atoms with van der Waals surface area (Å²) in [5, 5.41) is 17.7. The topological polar surface area (TPSA) is 95.5 Å². The van der Waals surface area contributed by atoms with Crippen molar-refractivity contribution in [2.45, 2.75) is 57.5 Å². The first-order chi connectivity index (χ1) is 18.2. The Hall–Kier alpha value is -4.27. The van der Waals surface area contributed by atoms with E-state index in [1.165, 1.54) is 0 Å². The molecule has 7 rings (SSSR count). The number of amides is 1. The average Bonchev–Trinajstić information content (AvgIpc) is 3.83. The molecule has 0 saturated heterocycles. The van der Waals surface area contributed by atoms with E-state index in [1.807, 2.05) is 69.0 Å². The Morgan fingerprint density at radius 1 is 1.00 bits per heavy atom. The summed E-state index contributed by atoms with van der Waals surface area (Å²) < 4.78 is 5.62. The Morgan fingerprint density at radius 3 is 2.51 bits per heavy atom. The molecule has 4 heterocycles. The van der Waals surface area contributed by atoms with Gasteiger partial charge < -0.3 is 5.32 Å². The number of nitrogens with zero attached hydrogens (tertiary/aromatic N) is 7. The fourth-order valence-electron chi connectivity index (χ4n) is 4.88. The van der Waals surface area contributed by atoms with Gasteiger partial charge >= 0.3 is 0 Å². The van der Waals surface area contributed by atoms with Crippen LogP contribution in [0.25, 0.3) is 16.7 Å². The van der Waals surface area contributed by atoms with Gasteiger partial charge in [0.2, 0.25) is 0 Å². The number of carbonyl (C=O) groups is 1. The third-order valence-electron chi connectivity index (χ3n) is 7.14. The number of para-hydroxylation sites is 1. The van der Waals surface area contributed by atoms with E-state index in [1.54, 1.807) is 6.20 Å². The normalized spacial score (nSPS) is 15.4. The predicted molar refractivity (Wildman–Crippen MR) is 140 cm³/mol. The molecule has 186 valence electrons. The summed E-state index contributed by atoms with van der Waals surface area (Å²) in [4.78, 5) is 18.8. The Labute approximate surface area is 214 Å². The molecule has 2 aliphatic carbocycles. The maximum atomic E-state index is 13.7. The zero-order valence-electron chi connectivity index (χ0n) is 20.7. The lowest BCUT2D eigenvalue weighted by molar-refractivity contribution is 0.102. The molecule has 2 aliphatic rings. The van der Waals surface area contributed by atoms with E-state index < -0.39 is 0 Å². The smallest absolute Gasteiger partial charge is 0.256 e. The molecule has 0 unspecified atom stereocenters. The van der Waals surface area contributed by atoms with E-state index in [0.29, 0.717) is 29.6 Å². The van der Waals surface area contributed by atoms with E-state index in [2.05, 4.69) is 22.4 Å². The molecule has 0 aliphatic heterocycles. The highest BCUT2D eigenvalue weighted by atomic mass is 16.1. The summed E-state index contributed by atoms with van der Waals surface area (Å²) >= 11 is 0. The van der Waals surface area contributed by atoms with Crippen LogP contribution in [-0.2, 0) is 13.1 Å². The zero-order chi connectivity index (χ0) is 24.9. The van der Waals surface area contributed by atoms with E-state index in [-0.39, 0.29) is 5.91 Å². The van der Waals surface area contributed by atoms with Crippen LogP contribution in [0.1, 0.15) is 71.8 Å². The number of hydrogen-bond acceptors (Lipinski definition) is 5. The van der Waals surface area contributed by atoms with Gasteiger partial charge in [-0.25, -0.2) is 9.67 Å². The molecule has 1 amide bonds. The molecule has 0 bridgehead atoms. The lowest BCUT2D eigenvalue weighted by Crippen LogP contribution is -2.13. The van der Waals surface area contributed by atoms with Crippen LogP contribution in [0.15, 0.2) is 61.2 Å². The first-order valence-electron chi connectivity index (χ1n) is 13.0. The number of carbonyl (C=O) groups excluding carboxylic acids is 1. The minimum Gasteiger partial charge on any atom is -0.319 e. The number of pyridine rings is 1. The van der Waals surface area contributed by atoms with Crippen LogP contribution in [0.4, 0.5) is 5.69 Å². The van der Waals surface area contributed by atoms with Gasteiger partial charge in [0.15, 0.2) is 5.65 Å². The number of anilines is 1. The van der Waals surface area contributed by atoms with Crippen LogP contribution in [0, 0.1) is 0 Å². The summed E-state index contributed by atoms with van der Waals surface area (Å²) in [6.45, 7) is 3.48. The van der Waals surface area contributed by atoms with Crippen molar-refractivity contribution in [2.24, 2.45) is 0 Å². The Kier molecular flexibility index (Phi) is 5.16. The van der Waals surface area contributed by atoms with Crippen LogP contribution in [0.2, 0.25) is 0 Å². The Balaban J connectivity index is 1.25. The molecule has 1 N–H and O–H groups in total. The van der Waals surface area contributed by atoms with Gasteiger partial charge in [0, 0.05) is 42.0 Å². The van der Waals surface area contributed by atoms with Crippen molar-refractivity contribution < 1.29 is 4.79 Å². The minimum absolute atomic E-state index is 0.151. The van der Waals surface area contributed by atoms with E-state index in [9.17, 15) is 4.79 Å². The SMILES string of the molecule is CCn1cc(Cn2cc(NC(=O)c3cc(C4CC4)nc4c3c(C3CC3)nn4-c3ccccc3)cn2)cn1. The quantitative estimate of drug-likeness (QED) is 0.333. The number of rotatable bonds is 8. The molecular formula is C28H28N8O. The highest BCUT2D eigenvalue weighted by Gasteiger charge is 2.34. The second kappa shape index (κ2) is 8.69. The molecule has 1 aromatic carbocycles. The number of aromatic nitrogens is 7. The van der Waals surface area contributed by atoms with Crippen molar-refractivity contribution in [3.05, 3.63) is 83.7 Å². The first-order valence-corrected chi connectivity index (χ1v) is 13.0. The van der Waals surface area contributed by atoms with Crippen molar-refractivity contribution in [3.8, 4) is 5.69 Å². The summed E-state index contributed by atoms with van der Waals surface area (Å²) in [7, 11) is 0. The molecule has 4 aromatic heterocycles. The minimum atomic E-state index is -0.151. The maximum Gasteiger partial charge on any atom is 0.256 e. The van der Waals surface area contributed by atoms with Gasteiger partial charge in [0.1, 0.15) is 0 Å². The number of nitrogens with one attached hydrogen (secondary N) is 1. The summed E-state index contributed by atoms with van der Waals surface area (Å²) in [6, 6.07) is 12.1. The van der Waals surface area contributed by atoms with Crippen molar-refractivity contribution in [1.82, 2.24) is 34.3 Å². The van der Waals surface area contributed by atoms with E-state index in [0.717, 1.165) is 65.9 Å². The predicted octanol–water partition coefficient (Wildman–Crippen LogP) is 4.89. The molecule has 2 fully saturated rings. The van der Waals surface area contributed by atoms with Gasteiger partial charge in [-0.15, -0.1) is 0 Å². The van der Waals surface area contributed by atoms with Crippen LogP contribution in [-0.4, -0.2) is 40.2 Å². The van der Waals surface area contributed by atoms with Gasteiger partial charge in [-0.05, 0) is 50.8 Å². The van der Waals surface area contributed by atoms with Gasteiger partial charge in [-0.1, -0.05) is 18.2 Å². The van der Waals surface area contributed by atoms with Crippen molar-refractivity contribution in [3.63, 3.8) is 0 Å². The van der Waals surface area contributed by atoms with Gasteiger partial charge in [0.05, 0.1) is 47.0 Å². The molecule has 0 radical (unpaired) electrons. The molecule has 2 saturated carbocycles. The van der Waals surface area contributed by atoms with Crippen molar-refractivity contribution >= 4 is 22.6 Å². The molecule has 9 heteroatoms. The molecule has 9 nitrogen and oxygen atoms in total. The molecule has 0 spiro atoms. The number of benzene rings is 1. The third-order valence-corrected chi connectivity index (χ3v) is 7.14. The number of fused-ring (bicyclic) bond motifs is 1. The molecular weight excluding hydrogens is 464 g/mol. The molecule has 37 heavy (non-hydrogen) atoms. The Bertz CT molecular complexity index is 1600. The summed E-state index contributed by atoms with van der Waals surface area (Å²) in [6.07, 6.45) is 11.8. The van der Waals surface area contributed by atoms with E-state index in [4.69, 9.17) is 10.1 Å². The average molecular weight is 493 g/mol. The monoisotopic (exact) mass is 492 g/mol. The van der Waals surface area contributed by atoms with Crippen LogP contribution in [0.3, 0.4) is 0 Å². The number of hydrogen-bond donors (Lipinski definition) is 1. The highest BCUT2D eigenvalue weighted by Crippen LogP contribution is 2.45. The molecule has 0 atom stereocenters. The largest absolute Gasteiger partial charge is 0.319 e. The van der Waals surface area contributed by atoms with E-state index >= 15 is 0 Å².